The molecular formula is C25H30N4O4. The van der Waals surface area contributed by atoms with E-state index in [1.807, 2.05) is 42.5 Å². The number of piperidine rings is 2. The lowest BCUT2D eigenvalue weighted by molar-refractivity contribution is -0.384. The molecule has 1 aliphatic carbocycles. The number of anilines is 1. The number of rotatable bonds is 7. The summed E-state index contributed by atoms with van der Waals surface area (Å²) in [5, 5.41) is 13.9. The Morgan fingerprint density at radius 2 is 1.70 bits per heavy atom. The van der Waals surface area contributed by atoms with Crippen molar-refractivity contribution in [1.29, 1.82) is 0 Å². The Balaban J connectivity index is 0.998. The standard InChI is InChI=1S/C25H30N4O4/c30-25(33-17-18-4-2-1-3-5-18)26-19-10-12-27(13-11-19)14-22-23-15-28(16-24(22)23)20-6-8-21(9-7-20)29(31)32/h1-9,19,22-24H,10-17H2,(H,26,30)/t22?,23-,24+. The first-order valence-corrected chi connectivity index (χ1v) is 11.8. The van der Waals surface area contributed by atoms with Gasteiger partial charge in [-0.25, -0.2) is 4.79 Å². The number of fused-ring (bicyclic) bond motifs is 1. The molecule has 1 saturated carbocycles. The van der Waals surface area contributed by atoms with Crippen molar-refractivity contribution in [2.24, 2.45) is 17.8 Å². The summed E-state index contributed by atoms with van der Waals surface area (Å²) in [4.78, 5) is 27.5. The Bertz CT molecular complexity index is 964. The fourth-order valence-corrected chi connectivity index (χ4v) is 5.41. The maximum absolute atomic E-state index is 12.1. The Morgan fingerprint density at radius 1 is 1.03 bits per heavy atom. The summed E-state index contributed by atoms with van der Waals surface area (Å²) in [6, 6.07) is 16.8. The van der Waals surface area contributed by atoms with Crippen LogP contribution in [0.15, 0.2) is 54.6 Å². The molecule has 8 nitrogen and oxygen atoms in total. The highest BCUT2D eigenvalue weighted by Gasteiger charge is 2.55. The number of nitro benzene ring substituents is 1. The SMILES string of the molecule is O=C(NC1CCN(CC2[C@H]3CN(c4ccc([N+](=O)[O-])cc4)C[C@@H]23)CC1)OCc1ccccc1. The molecule has 2 aromatic carbocycles. The molecule has 2 aromatic rings. The van der Waals surface area contributed by atoms with Crippen LogP contribution in [0.5, 0.6) is 0 Å². The number of alkyl carbamates (subject to hydrolysis) is 1. The van der Waals surface area contributed by atoms with Gasteiger partial charge in [-0.15, -0.1) is 0 Å². The molecule has 0 radical (unpaired) electrons. The molecule has 33 heavy (non-hydrogen) atoms. The van der Waals surface area contributed by atoms with E-state index in [0.29, 0.717) is 6.61 Å². The molecule has 2 aliphatic heterocycles. The number of nitrogens with zero attached hydrogens (tertiary/aromatic N) is 3. The van der Waals surface area contributed by atoms with Crippen molar-refractivity contribution in [3.63, 3.8) is 0 Å². The Kier molecular flexibility index (Phi) is 6.17. The van der Waals surface area contributed by atoms with Gasteiger partial charge in [-0.05, 0) is 48.3 Å². The van der Waals surface area contributed by atoms with Gasteiger partial charge in [0.15, 0.2) is 0 Å². The van der Waals surface area contributed by atoms with Crippen molar-refractivity contribution in [2.45, 2.75) is 25.5 Å². The molecule has 174 valence electrons. The molecule has 1 unspecified atom stereocenters. The first kappa shape index (κ1) is 21.7. The molecule has 8 heteroatoms. The van der Waals surface area contributed by atoms with Crippen molar-refractivity contribution in [2.75, 3.05) is 37.6 Å². The maximum Gasteiger partial charge on any atom is 0.407 e. The third-order valence-electron chi connectivity index (χ3n) is 7.39. The van der Waals surface area contributed by atoms with Gasteiger partial charge in [0, 0.05) is 56.6 Å². The summed E-state index contributed by atoms with van der Waals surface area (Å²) in [6.45, 7) is 5.52. The number of hydrogen-bond acceptors (Lipinski definition) is 6. The van der Waals surface area contributed by atoms with Gasteiger partial charge in [-0.1, -0.05) is 30.3 Å². The molecular weight excluding hydrogens is 420 g/mol. The van der Waals surface area contributed by atoms with Crippen LogP contribution in [0.1, 0.15) is 18.4 Å². The van der Waals surface area contributed by atoms with Crippen molar-refractivity contribution >= 4 is 17.5 Å². The second-order valence-electron chi connectivity index (χ2n) is 9.45. The third kappa shape index (κ3) is 5.11. The van der Waals surface area contributed by atoms with Crippen molar-refractivity contribution in [3.8, 4) is 0 Å². The molecule has 2 heterocycles. The fourth-order valence-electron chi connectivity index (χ4n) is 5.41. The monoisotopic (exact) mass is 450 g/mol. The second-order valence-corrected chi connectivity index (χ2v) is 9.45. The average Bonchev–Trinajstić information content (AvgIpc) is 3.26. The topological polar surface area (TPSA) is 88.0 Å². The molecule has 1 amide bonds. The highest BCUT2D eigenvalue weighted by Crippen LogP contribution is 2.53. The number of nitrogens with one attached hydrogen (secondary N) is 1. The number of hydrogen-bond donors (Lipinski definition) is 1. The number of carbonyl (C=O) groups is 1. The van der Waals surface area contributed by atoms with Crippen molar-refractivity contribution in [1.82, 2.24) is 10.2 Å². The predicted molar refractivity (Wildman–Crippen MR) is 125 cm³/mol. The van der Waals surface area contributed by atoms with Gasteiger partial charge in [0.05, 0.1) is 4.92 Å². The quantitative estimate of drug-likeness (QED) is 0.512. The number of non-ortho nitro benzene ring substituents is 1. The Hall–Kier alpha value is -3.13. The van der Waals surface area contributed by atoms with Crippen LogP contribution in [0.25, 0.3) is 0 Å². The van der Waals surface area contributed by atoms with Crippen LogP contribution >= 0.6 is 0 Å². The highest BCUT2D eigenvalue weighted by atomic mass is 16.6. The second kappa shape index (κ2) is 9.39. The van der Waals surface area contributed by atoms with Gasteiger partial charge in [0.2, 0.25) is 0 Å². The van der Waals surface area contributed by atoms with E-state index >= 15 is 0 Å². The first-order chi connectivity index (χ1) is 16.1. The fraction of sp³-hybridized carbons (Fsp3) is 0.480. The minimum atomic E-state index is -0.354. The third-order valence-corrected chi connectivity index (χ3v) is 7.39. The molecule has 0 spiro atoms. The van der Waals surface area contributed by atoms with Crippen LogP contribution < -0.4 is 10.2 Å². The van der Waals surface area contributed by atoms with Crippen LogP contribution in [0.3, 0.4) is 0 Å². The van der Waals surface area contributed by atoms with Gasteiger partial charge < -0.3 is 19.9 Å². The largest absolute Gasteiger partial charge is 0.445 e. The average molecular weight is 451 g/mol. The van der Waals surface area contributed by atoms with Gasteiger partial charge >= 0.3 is 6.09 Å². The van der Waals surface area contributed by atoms with Crippen molar-refractivity contribution < 1.29 is 14.5 Å². The molecule has 2 saturated heterocycles. The van der Waals surface area contributed by atoms with Crippen LogP contribution in [-0.4, -0.2) is 54.7 Å². The number of amides is 1. The predicted octanol–water partition coefficient (Wildman–Crippen LogP) is 3.67. The highest BCUT2D eigenvalue weighted by molar-refractivity contribution is 5.67. The molecule has 0 bridgehead atoms. The summed E-state index contributed by atoms with van der Waals surface area (Å²) in [5.41, 5.74) is 2.21. The van der Waals surface area contributed by atoms with E-state index in [-0.39, 0.29) is 22.7 Å². The van der Waals surface area contributed by atoms with E-state index in [1.54, 1.807) is 12.1 Å². The molecule has 5 rings (SSSR count). The van der Waals surface area contributed by atoms with E-state index in [1.165, 1.54) is 0 Å². The molecule has 3 atom stereocenters. The lowest BCUT2D eigenvalue weighted by Gasteiger charge is -2.33. The summed E-state index contributed by atoms with van der Waals surface area (Å²) >= 11 is 0. The summed E-state index contributed by atoms with van der Waals surface area (Å²) < 4.78 is 5.35. The van der Waals surface area contributed by atoms with E-state index in [2.05, 4.69) is 15.1 Å². The van der Waals surface area contributed by atoms with E-state index < -0.39 is 0 Å². The summed E-state index contributed by atoms with van der Waals surface area (Å²) in [6.07, 6.45) is 1.58. The number of nitro groups is 1. The van der Waals surface area contributed by atoms with Gasteiger partial charge in [0.25, 0.3) is 5.69 Å². The molecule has 3 aliphatic rings. The van der Waals surface area contributed by atoms with Crippen LogP contribution in [0.2, 0.25) is 0 Å². The first-order valence-electron chi connectivity index (χ1n) is 11.8. The van der Waals surface area contributed by atoms with Gasteiger partial charge in [-0.3, -0.25) is 10.1 Å². The van der Waals surface area contributed by atoms with Gasteiger partial charge in [0.1, 0.15) is 6.61 Å². The minimum Gasteiger partial charge on any atom is -0.445 e. The lowest BCUT2D eigenvalue weighted by Crippen LogP contribution is -2.45. The summed E-state index contributed by atoms with van der Waals surface area (Å²) in [5.74, 6) is 2.20. The number of ether oxygens (including phenoxy) is 1. The zero-order valence-corrected chi connectivity index (χ0v) is 18.6. The smallest absolute Gasteiger partial charge is 0.407 e. The van der Waals surface area contributed by atoms with Gasteiger partial charge in [-0.2, -0.15) is 0 Å². The lowest BCUT2D eigenvalue weighted by atomic mass is 10.0. The van der Waals surface area contributed by atoms with Crippen LogP contribution in [0, 0.1) is 27.9 Å². The zero-order valence-electron chi connectivity index (χ0n) is 18.6. The van der Waals surface area contributed by atoms with E-state index in [9.17, 15) is 14.9 Å². The number of likely N-dealkylation sites (tertiary alicyclic amines) is 1. The maximum atomic E-state index is 12.1. The number of carbonyl (C=O) groups excluding carboxylic acids is 1. The summed E-state index contributed by atoms with van der Waals surface area (Å²) in [7, 11) is 0. The normalized spacial score (nSPS) is 24.8. The van der Waals surface area contributed by atoms with Crippen LogP contribution in [-0.2, 0) is 11.3 Å². The zero-order chi connectivity index (χ0) is 22.8. The molecule has 1 N–H and O–H groups in total. The van der Waals surface area contributed by atoms with Crippen molar-refractivity contribution in [3.05, 3.63) is 70.3 Å². The van der Waals surface area contributed by atoms with Crippen LogP contribution in [0.4, 0.5) is 16.2 Å². The Morgan fingerprint density at radius 3 is 2.33 bits per heavy atom. The number of benzene rings is 2. The minimum absolute atomic E-state index is 0.142. The van der Waals surface area contributed by atoms with E-state index in [0.717, 1.165) is 74.6 Å². The Labute approximate surface area is 193 Å². The van der Waals surface area contributed by atoms with E-state index in [4.69, 9.17) is 4.74 Å². The molecule has 0 aromatic heterocycles. The molecule has 3 fully saturated rings.